The first-order valence-electron chi connectivity index (χ1n) is 9.87. The number of alkyl halides is 3. The molecule has 1 aromatic heterocycles. The zero-order chi connectivity index (χ0) is 22.8. The predicted octanol–water partition coefficient (Wildman–Crippen LogP) is 2.85. The van der Waals surface area contributed by atoms with Crippen LogP contribution >= 0.6 is 0 Å². The molecule has 1 unspecified atom stereocenters. The topological polar surface area (TPSA) is 78.7 Å². The van der Waals surface area contributed by atoms with Crippen molar-refractivity contribution in [1.29, 1.82) is 0 Å². The number of carboxylic acids is 1. The minimum atomic E-state index is -5.08. The van der Waals surface area contributed by atoms with Gasteiger partial charge in [0.05, 0.1) is 17.7 Å². The Hall–Kier alpha value is -2.88. The molecule has 0 bridgehead atoms. The second kappa shape index (κ2) is 8.70. The molecule has 0 radical (unpaired) electrons. The number of likely N-dealkylation sites (tertiary alicyclic amines) is 2. The Morgan fingerprint density at radius 3 is 2.26 bits per heavy atom. The molecule has 3 heterocycles. The number of aliphatic carboxylic acids is 1. The lowest BCUT2D eigenvalue weighted by Gasteiger charge is -2.58. The number of β-lactam (4-membered cyclic amide) rings is 1. The first-order chi connectivity index (χ1) is 14.5. The van der Waals surface area contributed by atoms with Gasteiger partial charge in [0.25, 0.3) is 0 Å². The van der Waals surface area contributed by atoms with Crippen LogP contribution in [0.1, 0.15) is 30.0 Å². The summed E-state index contributed by atoms with van der Waals surface area (Å²) < 4.78 is 33.6. The van der Waals surface area contributed by atoms with Crippen LogP contribution in [0.3, 0.4) is 0 Å². The van der Waals surface area contributed by atoms with Gasteiger partial charge in [-0.25, -0.2) is 4.79 Å². The van der Waals surface area contributed by atoms with Gasteiger partial charge in [0.1, 0.15) is 0 Å². The third-order valence-electron chi connectivity index (χ3n) is 5.93. The van der Waals surface area contributed by atoms with Gasteiger partial charge in [0, 0.05) is 32.4 Å². The third-order valence-corrected chi connectivity index (χ3v) is 5.93. The highest BCUT2D eigenvalue weighted by Crippen LogP contribution is 2.55. The van der Waals surface area contributed by atoms with Gasteiger partial charge in [-0.15, -0.1) is 0 Å². The number of piperidine rings is 1. The number of carbonyl (C=O) groups excluding carboxylic acids is 1. The summed E-state index contributed by atoms with van der Waals surface area (Å²) in [4.78, 5) is 25.9. The van der Waals surface area contributed by atoms with Crippen LogP contribution in [0.25, 0.3) is 0 Å². The summed E-state index contributed by atoms with van der Waals surface area (Å²) in [5, 5.41) is 11.4. The summed E-state index contributed by atoms with van der Waals surface area (Å²) >= 11 is 0. The van der Waals surface area contributed by atoms with Crippen LogP contribution < -0.4 is 0 Å². The van der Waals surface area contributed by atoms with E-state index >= 15 is 0 Å². The maximum atomic E-state index is 12.7. The van der Waals surface area contributed by atoms with Crippen molar-refractivity contribution in [2.75, 3.05) is 20.1 Å². The highest BCUT2D eigenvalue weighted by Gasteiger charge is 2.59. The number of aryl methyl sites for hydroxylation is 1. The summed E-state index contributed by atoms with van der Waals surface area (Å²) in [6, 6.07) is 10.7. The second-order valence-corrected chi connectivity index (χ2v) is 7.99. The number of hydrogen-bond donors (Lipinski definition) is 1. The normalized spacial score (nSPS) is 20.7. The van der Waals surface area contributed by atoms with Gasteiger partial charge < -0.3 is 10.0 Å². The average Bonchev–Trinajstić information content (AvgIpc) is 3.14. The zero-order valence-electron chi connectivity index (χ0n) is 17.3. The first kappa shape index (κ1) is 22.8. The average molecular weight is 438 g/mol. The maximum Gasteiger partial charge on any atom is 0.490 e. The molecule has 168 valence electrons. The molecule has 7 nitrogen and oxygen atoms in total. The van der Waals surface area contributed by atoms with E-state index in [1.807, 2.05) is 35.9 Å². The Bertz CT molecular complexity index is 921. The fourth-order valence-electron chi connectivity index (χ4n) is 4.48. The zero-order valence-corrected chi connectivity index (χ0v) is 17.3. The molecule has 1 N–H and O–H groups in total. The van der Waals surface area contributed by atoms with Crippen LogP contribution in [-0.4, -0.2) is 62.9 Å². The number of halogens is 3. The highest BCUT2D eigenvalue weighted by atomic mass is 19.4. The van der Waals surface area contributed by atoms with Gasteiger partial charge in [0.2, 0.25) is 5.91 Å². The maximum absolute atomic E-state index is 12.7. The number of carboxylic acid groups (broad SMARTS) is 1. The van der Waals surface area contributed by atoms with E-state index in [0.717, 1.165) is 32.5 Å². The summed E-state index contributed by atoms with van der Waals surface area (Å²) in [5.41, 5.74) is 2.31. The Kier molecular flexibility index (Phi) is 6.40. The van der Waals surface area contributed by atoms with Crippen molar-refractivity contribution in [3.63, 3.8) is 0 Å². The molecule has 2 aliphatic heterocycles. The summed E-state index contributed by atoms with van der Waals surface area (Å²) in [7, 11) is 3.88. The standard InChI is InChI=1S/C19H24N4O.C2HF3O2/c1-21-13-15(12-20-21)14-23-10-8-19(9-11-23)17(22(2)18(19)24)16-6-4-3-5-7-16;3-2(4,5)1(6)7/h3-7,12-13,17H,8-11,14H2,1-2H3;(H,6,7). The van der Waals surface area contributed by atoms with E-state index in [1.54, 1.807) is 0 Å². The molecule has 1 aromatic carbocycles. The molecule has 10 heteroatoms. The van der Waals surface area contributed by atoms with Gasteiger partial charge >= 0.3 is 12.1 Å². The largest absolute Gasteiger partial charge is 0.490 e. The lowest BCUT2D eigenvalue weighted by Crippen LogP contribution is -2.64. The van der Waals surface area contributed by atoms with E-state index in [4.69, 9.17) is 9.90 Å². The van der Waals surface area contributed by atoms with E-state index in [1.165, 1.54) is 11.1 Å². The number of aromatic nitrogens is 2. The molecule has 1 atom stereocenters. The van der Waals surface area contributed by atoms with Gasteiger partial charge in [-0.2, -0.15) is 18.3 Å². The molecule has 4 rings (SSSR count). The fourth-order valence-corrected chi connectivity index (χ4v) is 4.48. The fraction of sp³-hybridized carbons (Fsp3) is 0.476. The predicted molar refractivity (Wildman–Crippen MR) is 106 cm³/mol. The SMILES string of the molecule is CN1C(=O)C2(CCN(Cc3cnn(C)c3)CC2)C1c1ccccc1.O=C(O)C(F)(F)F. The molecule has 31 heavy (non-hydrogen) atoms. The summed E-state index contributed by atoms with van der Waals surface area (Å²) in [6.07, 6.45) is 0.796. The smallest absolute Gasteiger partial charge is 0.475 e. The van der Waals surface area contributed by atoms with Crippen molar-refractivity contribution in [2.45, 2.75) is 31.6 Å². The van der Waals surface area contributed by atoms with Crippen LogP contribution in [-0.2, 0) is 23.2 Å². The second-order valence-electron chi connectivity index (χ2n) is 7.99. The number of rotatable bonds is 3. The number of hydrogen-bond acceptors (Lipinski definition) is 4. The third kappa shape index (κ3) is 4.73. The number of amides is 1. The van der Waals surface area contributed by atoms with Gasteiger partial charge in [-0.05, 0) is 31.5 Å². The van der Waals surface area contributed by atoms with Crippen molar-refractivity contribution in [3.8, 4) is 0 Å². The van der Waals surface area contributed by atoms with Crippen LogP contribution in [0.2, 0.25) is 0 Å². The van der Waals surface area contributed by atoms with Crippen molar-refractivity contribution in [1.82, 2.24) is 19.6 Å². The van der Waals surface area contributed by atoms with E-state index in [0.29, 0.717) is 5.91 Å². The van der Waals surface area contributed by atoms with Crippen LogP contribution in [0.15, 0.2) is 42.7 Å². The van der Waals surface area contributed by atoms with E-state index in [-0.39, 0.29) is 11.5 Å². The lowest BCUT2D eigenvalue weighted by atomic mass is 9.62. The Balaban J connectivity index is 0.000000339. The van der Waals surface area contributed by atoms with E-state index in [9.17, 15) is 18.0 Å². The first-order valence-corrected chi connectivity index (χ1v) is 9.87. The molecule has 2 aliphatic rings. The van der Waals surface area contributed by atoms with E-state index < -0.39 is 12.1 Å². The highest BCUT2D eigenvalue weighted by molar-refractivity contribution is 5.90. The molecule has 2 aromatic rings. The van der Waals surface area contributed by atoms with Gasteiger partial charge in [0.15, 0.2) is 0 Å². The van der Waals surface area contributed by atoms with Gasteiger partial charge in [-0.1, -0.05) is 30.3 Å². The van der Waals surface area contributed by atoms with Crippen molar-refractivity contribution in [2.24, 2.45) is 12.5 Å². The lowest BCUT2D eigenvalue weighted by molar-refractivity contribution is -0.192. The monoisotopic (exact) mass is 438 g/mol. The summed E-state index contributed by atoms with van der Waals surface area (Å²) in [5.74, 6) is -2.44. The van der Waals surface area contributed by atoms with Crippen LogP contribution in [0.4, 0.5) is 13.2 Å². The molecule has 0 aliphatic carbocycles. The van der Waals surface area contributed by atoms with Crippen LogP contribution in [0, 0.1) is 5.41 Å². The molecule has 2 saturated heterocycles. The van der Waals surface area contributed by atoms with Crippen molar-refractivity contribution >= 4 is 11.9 Å². The number of nitrogens with zero attached hydrogens (tertiary/aromatic N) is 4. The quantitative estimate of drug-likeness (QED) is 0.746. The Morgan fingerprint density at radius 1 is 1.19 bits per heavy atom. The Labute approximate surface area is 178 Å². The molecule has 0 saturated carbocycles. The molecular weight excluding hydrogens is 413 g/mol. The molecular formula is C21H25F3N4O3. The Morgan fingerprint density at radius 2 is 1.77 bits per heavy atom. The molecule has 2 fully saturated rings. The molecule has 1 amide bonds. The molecule has 1 spiro atoms. The number of benzene rings is 1. The van der Waals surface area contributed by atoms with Crippen molar-refractivity contribution < 1.29 is 27.9 Å². The van der Waals surface area contributed by atoms with Crippen molar-refractivity contribution in [3.05, 3.63) is 53.9 Å². The summed E-state index contributed by atoms with van der Waals surface area (Å²) in [6.45, 7) is 2.86. The van der Waals surface area contributed by atoms with E-state index in [2.05, 4.69) is 40.5 Å². The minimum Gasteiger partial charge on any atom is -0.475 e. The minimum absolute atomic E-state index is 0.193. The van der Waals surface area contributed by atoms with Crippen LogP contribution in [0.5, 0.6) is 0 Å². The van der Waals surface area contributed by atoms with Gasteiger partial charge in [-0.3, -0.25) is 14.4 Å². The number of carbonyl (C=O) groups is 2.